The highest BCUT2D eigenvalue weighted by Gasteiger charge is 2.54. The Morgan fingerprint density at radius 3 is 2.16 bits per heavy atom. The van der Waals surface area contributed by atoms with Crippen LogP contribution in [0.15, 0.2) is 0 Å². The van der Waals surface area contributed by atoms with E-state index in [9.17, 15) is 43.5 Å². The lowest BCUT2D eigenvalue weighted by Crippen LogP contribution is -2.68. The summed E-state index contributed by atoms with van der Waals surface area (Å²) >= 11 is 0. The van der Waals surface area contributed by atoms with E-state index in [0.717, 1.165) is 14.0 Å². The van der Waals surface area contributed by atoms with Crippen LogP contribution in [0.1, 0.15) is 6.92 Å². The Hall–Kier alpha value is -1.51. The zero-order valence-electron chi connectivity index (χ0n) is 16.7. The van der Waals surface area contributed by atoms with Gasteiger partial charge in [0, 0.05) is 14.0 Å². The van der Waals surface area contributed by atoms with Gasteiger partial charge in [-0.2, -0.15) is 8.42 Å². The van der Waals surface area contributed by atoms with Gasteiger partial charge in [-0.3, -0.25) is 9.35 Å². The second-order valence-corrected chi connectivity index (χ2v) is 8.06. The number of carboxylic acids is 1. The molecule has 10 unspecified atom stereocenters. The van der Waals surface area contributed by atoms with Gasteiger partial charge in [0.25, 0.3) is 0 Å². The summed E-state index contributed by atoms with van der Waals surface area (Å²) in [6, 6.07) is -1.61. The topological polar surface area (TPSA) is 248 Å². The first-order valence-electron chi connectivity index (χ1n) is 9.10. The van der Waals surface area contributed by atoms with Crippen LogP contribution in [0.3, 0.4) is 0 Å². The van der Waals surface area contributed by atoms with Crippen LogP contribution in [-0.2, 0) is 43.1 Å². The van der Waals surface area contributed by atoms with Gasteiger partial charge in [-0.15, -0.1) is 0 Å². The van der Waals surface area contributed by atoms with Crippen LogP contribution in [0, 0.1) is 0 Å². The third-order valence-electron chi connectivity index (χ3n) is 4.80. The molecule has 10 atom stereocenters. The van der Waals surface area contributed by atoms with Gasteiger partial charge in [0.05, 0.1) is 6.61 Å². The fourth-order valence-electron chi connectivity index (χ4n) is 3.44. The van der Waals surface area contributed by atoms with Crippen LogP contribution in [0.5, 0.6) is 0 Å². The predicted molar refractivity (Wildman–Crippen MR) is 96.0 cm³/mol. The summed E-state index contributed by atoms with van der Waals surface area (Å²) in [5, 5.41) is 51.8. The van der Waals surface area contributed by atoms with Gasteiger partial charge in [-0.25, -0.2) is 8.98 Å². The number of amides is 1. The molecule has 1 amide bonds. The van der Waals surface area contributed by atoms with Gasteiger partial charge >= 0.3 is 16.4 Å². The molecule has 0 spiro atoms. The van der Waals surface area contributed by atoms with E-state index < -0.39 is 90.2 Å². The molecule has 2 aliphatic heterocycles. The van der Waals surface area contributed by atoms with Crippen LogP contribution >= 0.6 is 0 Å². The van der Waals surface area contributed by atoms with E-state index in [2.05, 4.69) is 9.50 Å². The number of aliphatic carboxylic acids is 1. The number of nitrogens with one attached hydrogen (secondary N) is 1. The summed E-state index contributed by atoms with van der Waals surface area (Å²) in [5.41, 5.74) is 0. The van der Waals surface area contributed by atoms with Gasteiger partial charge in [0.15, 0.2) is 18.7 Å². The lowest BCUT2D eigenvalue weighted by atomic mass is 9.95. The van der Waals surface area contributed by atoms with Crippen LogP contribution in [0.2, 0.25) is 0 Å². The number of aliphatic hydroxyl groups is 4. The normalized spacial score (nSPS) is 40.6. The van der Waals surface area contributed by atoms with Crippen molar-refractivity contribution in [3.8, 4) is 0 Å². The summed E-state index contributed by atoms with van der Waals surface area (Å²) in [6.07, 6.45) is -16.4. The summed E-state index contributed by atoms with van der Waals surface area (Å²) in [5.74, 6) is -2.35. The quantitative estimate of drug-likeness (QED) is 0.158. The third kappa shape index (κ3) is 6.08. The van der Waals surface area contributed by atoms with Crippen molar-refractivity contribution in [2.75, 3.05) is 13.7 Å². The monoisotopic (exact) mass is 491 g/mol. The lowest BCUT2D eigenvalue weighted by Gasteiger charge is -2.47. The second-order valence-electron chi connectivity index (χ2n) is 7.01. The molecule has 2 fully saturated rings. The van der Waals surface area contributed by atoms with Gasteiger partial charge in [0.1, 0.15) is 42.7 Å². The zero-order valence-corrected chi connectivity index (χ0v) is 17.6. The van der Waals surface area contributed by atoms with Crippen molar-refractivity contribution in [1.29, 1.82) is 0 Å². The largest absolute Gasteiger partial charge is 0.479 e. The Morgan fingerprint density at radius 1 is 1.06 bits per heavy atom. The number of hydrogen-bond acceptors (Lipinski definition) is 13. The Bertz CT molecular complexity index is 777. The van der Waals surface area contributed by atoms with E-state index in [1.54, 1.807) is 0 Å². The molecule has 186 valence electrons. The smallest absolute Gasteiger partial charge is 0.397 e. The molecule has 0 aliphatic carbocycles. The molecule has 32 heavy (non-hydrogen) atoms. The molecule has 17 heteroatoms. The molecule has 16 nitrogen and oxygen atoms in total. The van der Waals surface area contributed by atoms with E-state index in [0.29, 0.717) is 0 Å². The summed E-state index contributed by atoms with van der Waals surface area (Å²) in [6.45, 7) is 0.0734. The number of aliphatic hydroxyl groups excluding tert-OH is 4. The van der Waals surface area contributed by atoms with Crippen molar-refractivity contribution in [2.24, 2.45) is 0 Å². The first kappa shape index (κ1) is 26.7. The Morgan fingerprint density at radius 2 is 1.69 bits per heavy atom. The number of carbonyl (C=O) groups is 2. The highest BCUT2D eigenvalue weighted by Crippen LogP contribution is 2.31. The highest BCUT2D eigenvalue weighted by molar-refractivity contribution is 7.80. The minimum atomic E-state index is -5.20. The van der Waals surface area contributed by atoms with Gasteiger partial charge < -0.3 is 49.8 Å². The van der Waals surface area contributed by atoms with E-state index in [1.165, 1.54) is 0 Å². The molecule has 0 saturated carbocycles. The molecule has 0 bridgehead atoms. The third-order valence-corrected chi connectivity index (χ3v) is 5.26. The maximum absolute atomic E-state index is 11.6. The average Bonchev–Trinajstić information content (AvgIpc) is 2.68. The first-order valence-corrected chi connectivity index (χ1v) is 10.5. The molecule has 2 rings (SSSR count). The van der Waals surface area contributed by atoms with E-state index >= 15 is 0 Å². The van der Waals surface area contributed by atoms with Crippen LogP contribution < -0.4 is 5.32 Å². The van der Waals surface area contributed by atoms with Crippen molar-refractivity contribution in [2.45, 2.75) is 68.3 Å². The molecule has 7 N–H and O–H groups in total. The van der Waals surface area contributed by atoms with Crippen molar-refractivity contribution in [3.05, 3.63) is 0 Å². The molecule has 0 radical (unpaired) electrons. The molecular weight excluding hydrogens is 466 g/mol. The minimum absolute atomic E-state index is 0.757. The first-order chi connectivity index (χ1) is 14.8. The maximum atomic E-state index is 11.6. The summed E-state index contributed by atoms with van der Waals surface area (Å²) in [7, 11) is -4.14. The Labute approximate surface area is 181 Å². The molecule has 0 aromatic carbocycles. The van der Waals surface area contributed by atoms with Crippen molar-refractivity contribution in [3.63, 3.8) is 0 Å². The number of ether oxygens (including phenoxy) is 4. The highest BCUT2D eigenvalue weighted by atomic mass is 32.3. The van der Waals surface area contributed by atoms with E-state index in [-0.39, 0.29) is 0 Å². The maximum Gasteiger partial charge on any atom is 0.397 e. The molecule has 2 heterocycles. The van der Waals surface area contributed by atoms with Gasteiger partial charge in [0.2, 0.25) is 5.91 Å². The molecular formula is C15H25NO15S. The molecule has 0 aromatic heterocycles. The molecule has 0 aromatic rings. The number of carboxylic acid groups (broad SMARTS) is 1. The van der Waals surface area contributed by atoms with Crippen LogP contribution in [-0.4, -0.2) is 125 Å². The summed E-state index contributed by atoms with van der Waals surface area (Å²) in [4.78, 5) is 23.1. The second kappa shape index (κ2) is 10.6. The van der Waals surface area contributed by atoms with Gasteiger partial charge in [-0.05, 0) is 0 Å². The molecule has 2 aliphatic rings. The minimum Gasteiger partial charge on any atom is -0.479 e. The number of methoxy groups -OCH3 is 1. The van der Waals surface area contributed by atoms with Crippen molar-refractivity contribution in [1.82, 2.24) is 5.32 Å². The molecule has 2 saturated heterocycles. The number of rotatable bonds is 8. The van der Waals surface area contributed by atoms with E-state index in [4.69, 9.17) is 23.5 Å². The van der Waals surface area contributed by atoms with Crippen LogP contribution in [0.25, 0.3) is 0 Å². The number of hydrogen-bond donors (Lipinski definition) is 7. The van der Waals surface area contributed by atoms with Gasteiger partial charge in [-0.1, -0.05) is 0 Å². The average molecular weight is 491 g/mol. The van der Waals surface area contributed by atoms with Crippen molar-refractivity contribution < 1.29 is 71.2 Å². The fraction of sp³-hybridized carbons (Fsp3) is 0.867. The number of carbonyl (C=O) groups excluding carboxylic acids is 1. The SMILES string of the molecule is COC1C(C(=O)O)OC(OC2C(NC(C)=O)C(O)OC(CO)C2OS(=O)(=O)O)C(O)C1O. The zero-order chi connectivity index (χ0) is 24.4. The summed E-state index contributed by atoms with van der Waals surface area (Å²) < 4.78 is 56.7. The van der Waals surface area contributed by atoms with Crippen LogP contribution in [0.4, 0.5) is 0 Å². The fourth-order valence-corrected chi connectivity index (χ4v) is 3.95. The lowest BCUT2D eigenvalue weighted by molar-refractivity contribution is -0.336. The van der Waals surface area contributed by atoms with Crippen molar-refractivity contribution >= 4 is 22.3 Å². The van der Waals surface area contributed by atoms with E-state index in [1.807, 2.05) is 0 Å². The Balaban J connectivity index is 2.43. The predicted octanol–water partition coefficient (Wildman–Crippen LogP) is -4.68. The standard InChI is InChI=1S/C15H25NO15S/c1-4(18)16-6-10(9(31-32(24,25)26)5(3-17)28-14(6)23)29-15-8(20)7(19)11(27-2)12(30-15)13(21)22/h5-12,14-15,17,19-20,23H,3H2,1-2H3,(H,16,18)(H,21,22)(H,24,25,26). The Kier molecular flexibility index (Phi) is 8.87.